The molecule has 1 N–H and O–H groups in total. The third-order valence-corrected chi connectivity index (χ3v) is 2.95. The lowest BCUT2D eigenvalue weighted by molar-refractivity contribution is 0.474. The van der Waals surface area contributed by atoms with Gasteiger partial charge in [0.05, 0.1) is 0 Å². The van der Waals surface area contributed by atoms with Gasteiger partial charge in [0.2, 0.25) is 0 Å². The number of unbranched alkanes of at least 4 members (excludes halogenated alkanes) is 3. The SMILES string of the molecule is CCCCCC[C@@H](C)c1ccc(O)cc1. The first kappa shape index (κ1) is 12.1. The smallest absolute Gasteiger partial charge is 0.115 e. The molecule has 0 radical (unpaired) electrons. The Kier molecular flexibility index (Phi) is 5.23. The van der Waals surface area contributed by atoms with Crippen LogP contribution in [-0.2, 0) is 0 Å². The normalized spacial score (nSPS) is 12.7. The van der Waals surface area contributed by atoms with Gasteiger partial charge in [0.1, 0.15) is 5.75 Å². The summed E-state index contributed by atoms with van der Waals surface area (Å²) in [4.78, 5) is 0. The van der Waals surface area contributed by atoms with Crippen LogP contribution in [0.15, 0.2) is 24.3 Å². The lowest BCUT2D eigenvalue weighted by Crippen LogP contribution is -1.93. The summed E-state index contributed by atoms with van der Waals surface area (Å²) in [6, 6.07) is 7.61. The molecule has 1 rings (SSSR count). The van der Waals surface area contributed by atoms with Crippen molar-refractivity contribution in [3.05, 3.63) is 29.8 Å². The standard InChI is InChI=1S/C14H22O/c1-3-4-5-6-7-12(2)13-8-10-14(15)11-9-13/h8-12,15H,3-7H2,1-2H3/t12-/m1/s1. The highest BCUT2D eigenvalue weighted by Gasteiger charge is 2.04. The molecule has 0 aromatic heterocycles. The number of phenolic OH excluding ortho intramolecular Hbond substituents is 1. The predicted molar refractivity (Wildman–Crippen MR) is 65.3 cm³/mol. The topological polar surface area (TPSA) is 20.2 Å². The number of phenols is 1. The van der Waals surface area contributed by atoms with Crippen molar-refractivity contribution in [1.82, 2.24) is 0 Å². The Morgan fingerprint density at radius 1 is 1.07 bits per heavy atom. The molecule has 1 heteroatoms. The third-order valence-electron chi connectivity index (χ3n) is 2.95. The highest BCUT2D eigenvalue weighted by atomic mass is 16.3. The fourth-order valence-corrected chi connectivity index (χ4v) is 1.85. The molecule has 0 unspecified atom stereocenters. The van der Waals surface area contributed by atoms with Gasteiger partial charge in [0.15, 0.2) is 0 Å². The third kappa shape index (κ3) is 4.37. The van der Waals surface area contributed by atoms with Gasteiger partial charge >= 0.3 is 0 Å². The highest BCUT2D eigenvalue weighted by molar-refractivity contribution is 5.27. The second-order valence-electron chi connectivity index (χ2n) is 4.34. The summed E-state index contributed by atoms with van der Waals surface area (Å²) >= 11 is 0. The van der Waals surface area contributed by atoms with Crippen LogP contribution in [0.25, 0.3) is 0 Å². The van der Waals surface area contributed by atoms with Crippen molar-refractivity contribution >= 4 is 0 Å². The van der Waals surface area contributed by atoms with E-state index in [1.807, 2.05) is 12.1 Å². The number of rotatable bonds is 6. The van der Waals surface area contributed by atoms with Gasteiger partial charge in [0, 0.05) is 0 Å². The average molecular weight is 206 g/mol. The zero-order valence-electron chi connectivity index (χ0n) is 9.87. The monoisotopic (exact) mass is 206 g/mol. The Bertz CT molecular complexity index is 263. The molecule has 1 nitrogen and oxygen atoms in total. The number of hydrogen-bond donors (Lipinski definition) is 1. The molecular weight excluding hydrogens is 184 g/mol. The van der Waals surface area contributed by atoms with E-state index in [2.05, 4.69) is 13.8 Å². The quantitative estimate of drug-likeness (QED) is 0.681. The lowest BCUT2D eigenvalue weighted by atomic mass is 9.95. The molecule has 0 aliphatic carbocycles. The Morgan fingerprint density at radius 2 is 1.73 bits per heavy atom. The second-order valence-corrected chi connectivity index (χ2v) is 4.34. The van der Waals surface area contributed by atoms with Gasteiger partial charge in [-0.1, -0.05) is 51.7 Å². The van der Waals surface area contributed by atoms with E-state index in [1.54, 1.807) is 12.1 Å². The van der Waals surface area contributed by atoms with Crippen LogP contribution in [0, 0.1) is 0 Å². The van der Waals surface area contributed by atoms with Crippen LogP contribution in [0.3, 0.4) is 0 Å². The Labute approximate surface area is 93.1 Å². The van der Waals surface area contributed by atoms with Gasteiger partial charge in [-0.3, -0.25) is 0 Å². The van der Waals surface area contributed by atoms with E-state index in [0.29, 0.717) is 11.7 Å². The van der Waals surface area contributed by atoms with Gasteiger partial charge in [-0.25, -0.2) is 0 Å². The molecule has 0 saturated heterocycles. The maximum atomic E-state index is 9.18. The zero-order valence-corrected chi connectivity index (χ0v) is 9.87. The van der Waals surface area contributed by atoms with Crippen LogP contribution < -0.4 is 0 Å². The highest BCUT2D eigenvalue weighted by Crippen LogP contribution is 2.23. The van der Waals surface area contributed by atoms with Crippen LogP contribution in [0.2, 0.25) is 0 Å². The Balaban J connectivity index is 2.33. The number of aromatic hydroxyl groups is 1. The van der Waals surface area contributed by atoms with E-state index in [4.69, 9.17) is 0 Å². The van der Waals surface area contributed by atoms with Crippen molar-refractivity contribution < 1.29 is 5.11 Å². The van der Waals surface area contributed by atoms with E-state index in [9.17, 15) is 5.11 Å². The number of hydrogen-bond acceptors (Lipinski definition) is 1. The molecule has 0 amide bonds. The maximum Gasteiger partial charge on any atom is 0.115 e. The van der Waals surface area contributed by atoms with E-state index >= 15 is 0 Å². The minimum atomic E-state index is 0.358. The van der Waals surface area contributed by atoms with E-state index in [0.717, 1.165) is 0 Å². The average Bonchev–Trinajstić information content (AvgIpc) is 2.25. The summed E-state index contributed by atoms with van der Waals surface area (Å²) in [5.41, 5.74) is 1.34. The van der Waals surface area contributed by atoms with Gasteiger partial charge < -0.3 is 5.11 Å². The molecule has 84 valence electrons. The molecular formula is C14H22O. The first-order valence-electron chi connectivity index (χ1n) is 6.03. The van der Waals surface area contributed by atoms with Crippen molar-refractivity contribution in [2.24, 2.45) is 0 Å². The fraction of sp³-hybridized carbons (Fsp3) is 0.571. The van der Waals surface area contributed by atoms with Crippen molar-refractivity contribution in [2.75, 3.05) is 0 Å². The number of benzene rings is 1. The summed E-state index contributed by atoms with van der Waals surface area (Å²) in [6.07, 6.45) is 6.56. The van der Waals surface area contributed by atoms with E-state index < -0.39 is 0 Å². The minimum Gasteiger partial charge on any atom is -0.508 e. The molecule has 0 aliphatic heterocycles. The largest absolute Gasteiger partial charge is 0.508 e. The molecule has 1 atom stereocenters. The van der Waals surface area contributed by atoms with E-state index in [1.165, 1.54) is 37.7 Å². The zero-order chi connectivity index (χ0) is 11.1. The molecule has 0 fully saturated rings. The summed E-state index contributed by atoms with van der Waals surface area (Å²) in [6.45, 7) is 4.50. The van der Waals surface area contributed by atoms with Crippen LogP contribution in [-0.4, -0.2) is 5.11 Å². The van der Waals surface area contributed by atoms with Crippen molar-refractivity contribution in [1.29, 1.82) is 0 Å². The molecule has 0 aliphatic rings. The minimum absolute atomic E-state index is 0.358. The van der Waals surface area contributed by atoms with Crippen molar-refractivity contribution in [3.8, 4) is 5.75 Å². The van der Waals surface area contributed by atoms with Crippen LogP contribution in [0.4, 0.5) is 0 Å². The van der Waals surface area contributed by atoms with E-state index in [-0.39, 0.29) is 0 Å². The molecule has 0 spiro atoms. The second kappa shape index (κ2) is 6.49. The van der Waals surface area contributed by atoms with Crippen molar-refractivity contribution in [2.45, 2.75) is 51.9 Å². The maximum absolute atomic E-state index is 9.18. The molecule has 1 aromatic rings. The molecule has 0 heterocycles. The molecule has 0 saturated carbocycles. The first-order chi connectivity index (χ1) is 7.24. The summed E-state index contributed by atoms with van der Waals surface area (Å²) in [5, 5.41) is 9.18. The first-order valence-corrected chi connectivity index (χ1v) is 6.03. The fourth-order valence-electron chi connectivity index (χ4n) is 1.85. The predicted octanol–water partition coefficient (Wildman–Crippen LogP) is 4.47. The lowest BCUT2D eigenvalue weighted by Gasteiger charge is -2.11. The molecule has 15 heavy (non-hydrogen) atoms. The summed E-state index contributed by atoms with van der Waals surface area (Å²) < 4.78 is 0. The molecule has 0 bridgehead atoms. The van der Waals surface area contributed by atoms with Crippen LogP contribution in [0.5, 0.6) is 5.75 Å². The Hall–Kier alpha value is -0.980. The molecule has 1 aromatic carbocycles. The summed E-state index contributed by atoms with van der Waals surface area (Å²) in [7, 11) is 0. The van der Waals surface area contributed by atoms with Crippen molar-refractivity contribution in [3.63, 3.8) is 0 Å². The van der Waals surface area contributed by atoms with Gasteiger partial charge in [-0.15, -0.1) is 0 Å². The van der Waals surface area contributed by atoms with Crippen LogP contribution in [0.1, 0.15) is 57.4 Å². The van der Waals surface area contributed by atoms with Crippen LogP contribution >= 0.6 is 0 Å². The summed E-state index contributed by atoms with van der Waals surface area (Å²) in [5.74, 6) is 0.972. The van der Waals surface area contributed by atoms with Gasteiger partial charge in [0.25, 0.3) is 0 Å². The van der Waals surface area contributed by atoms with Gasteiger partial charge in [-0.2, -0.15) is 0 Å². The van der Waals surface area contributed by atoms with Gasteiger partial charge in [-0.05, 0) is 30.0 Å². The Morgan fingerprint density at radius 3 is 2.33 bits per heavy atom.